The SMILES string of the molecule is CCCc1cc(Cl)nc(-c2ccc(Br)c3cccnc23)n1. The van der Waals surface area contributed by atoms with Crippen molar-refractivity contribution in [2.24, 2.45) is 0 Å². The van der Waals surface area contributed by atoms with Crippen LogP contribution in [0.4, 0.5) is 0 Å². The van der Waals surface area contributed by atoms with Gasteiger partial charge in [-0.05, 0) is 30.7 Å². The first-order valence-electron chi connectivity index (χ1n) is 6.76. The van der Waals surface area contributed by atoms with Crippen LogP contribution in [-0.4, -0.2) is 15.0 Å². The molecule has 3 aromatic rings. The number of hydrogen-bond donors (Lipinski definition) is 0. The lowest BCUT2D eigenvalue weighted by Gasteiger charge is -2.08. The van der Waals surface area contributed by atoms with Gasteiger partial charge in [0.1, 0.15) is 5.15 Å². The maximum Gasteiger partial charge on any atom is 0.163 e. The number of pyridine rings is 1. The second-order valence-corrected chi connectivity index (χ2v) is 5.99. The van der Waals surface area contributed by atoms with Crippen molar-refractivity contribution >= 4 is 38.4 Å². The second-order valence-electron chi connectivity index (χ2n) is 4.75. The summed E-state index contributed by atoms with van der Waals surface area (Å²) in [5.41, 5.74) is 2.73. The minimum Gasteiger partial charge on any atom is -0.255 e. The van der Waals surface area contributed by atoms with E-state index in [4.69, 9.17) is 11.6 Å². The van der Waals surface area contributed by atoms with Crippen LogP contribution < -0.4 is 0 Å². The van der Waals surface area contributed by atoms with E-state index in [0.717, 1.165) is 39.5 Å². The molecule has 21 heavy (non-hydrogen) atoms. The summed E-state index contributed by atoms with van der Waals surface area (Å²) in [7, 11) is 0. The van der Waals surface area contributed by atoms with Gasteiger partial charge in [-0.3, -0.25) is 4.98 Å². The lowest BCUT2D eigenvalue weighted by Crippen LogP contribution is -1.97. The van der Waals surface area contributed by atoms with E-state index in [9.17, 15) is 0 Å². The van der Waals surface area contributed by atoms with E-state index in [1.165, 1.54) is 0 Å². The van der Waals surface area contributed by atoms with Crippen molar-refractivity contribution in [1.82, 2.24) is 15.0 Å². The number of hydrogen-bond acceptors (Lipinski definition) is 3. The lowest BCUT2D eigenvalue weighted by atomic mass is 10.1. The number of benzene rings is 1. The summed E-state index contributed by atoms with van der Waals surface area (Å²) in [5, 5.41) is 1.51. The minimum absolute atomic E-state index is 0.468. The highest BCUT2D eigenvalue weighted by molar-refractivity contribution is 9.10. The molecule has 0 aliphatic heterocycles. The van der Waals surface area contributed by atoms with Crippen molar-refractivity contribution in [1.29, 1.82) is 0 Å². The fourth-order valence-corrected chi connectivity index (χ4v) is 2.95. The molecule has 0 unspecified atom stereocenters. The Morgan fingerprint density at radius 3 is 2.86 bits per heavy atom. The van der Waals surface area contributed by atoms with Gasteiger partial charge in [-0.25, -0.2) is 9.97 Å². The van der Waals surface area contributed by atoms with Crippen molar-refractivity contribution < 1.29 is 0 Å². The molecular formula is C16H13BrClN3. The van der Waals surface area contributed by atoms with Crippen LogP contribution >= 0.6 is 27.5 Å². The first-order chi connectivity index (χ1) is 10.2. The number of halogens is 2. The predicted molar refractivity (Wildman–Crippen MR) is 89.5 cm³/mol. The zero-order valence-electron chi connectivity index (χ0n) is 11.5. The van der Waals surface area contributed by atoms with Gasteiger partial charge in [-0.2, -0.15) is 0 Å². The molecule has 0 atom stereocenters. The molecule has 0 radical (unpaired) electrons. The average Bonchev–Trinajstić information content (AvgIpc) is 2.47. The summed E-state index contributed by atoms with van der Waals surface area (Å²) in [6.07, 6.45) is 3.68. The van der Waals surface area contributed by atoms with Gasteiger partial charge in [0.05, 0.1) is 5.52 Å². The normalized spacial score (nSPS) is 11.0. The Bertz CT molecular complexity index is 805. The van der Waals surface area contributed by atoms with Crippen LogP contribution in [0.15, 0.2) is 41.0 Å². The third kappa shape index (κ3) is 2.92. The van der Waals surface area contributed by atoms with Crippen LogP contribution in [0.5, 0.6) is 0 Å². The topological polar surface area (TPSA) is 38.7 Å². The van der Waals surface area contributed by atoms with E-state index in [2.05, 4.69) is 37.8 Å². The Balaban J connectivity index is 2.23. The zero-order chi connectivity index (χ0) is 14.8. The fraction of sp³-hybridized carbons (Fsp3) is 0.188. The number of aryl methyl sites for hydroxylation is 1. The van der Waals surface area contributed by atoms with Gasteiger partial charge >= 0.3 is 0 Å². The molecule has 3 rings (SSSR count). The summed E-state index contributed by atoms with van der Waals surface area (Å²) >= 11 is 9.69. The van der Waals surface area contributed by atoms with E-state index < -0.39 is 0 Å². The molecule has 0 amide bonds. The van der Waals surface area contributed by atoms with Gasteiger partial charge in [0, 0.05) is 27.3 Å². The Morgan fingerprint density at radius 1 is 1.19 bits per heavy atom. The molecule has 2 aromatic heterocycles. The standard InChI is InChI=1S/C16H13BrClN3/c1-2-4-10-9-14(18)21-16(20-10)12-6-7-13(17)11-5-3-8-19-15(11)12/h3,5-9H,2,4H2,1H3. The van der Waals surface area contributed by atoms with Gasteiger partial charge < -0.3 is 0 Å². The number of fused-ring (bicyclic) bond motifs is 1. The Kier molecular flexibility index (Phi) is 4.17. The predicted octanol–water partition coefficient (Wildman–Crippen LogP) is 5.06. The summed E-state index contributed by atoms with van der Waals surface area (Å²) in [4.78, 5) is 13.5. The molecule has 0 aliphatic carbocycles. The van der Waals surface area contributed by atoms with Crippen LogP contribution in [0.25, 0.3) is 22.3 Å². The van der Waals surface area contributed by atoms with Gasteiger partial charge in [-0.15, -0.1) is 0 Å². The monoisotopic (exact) mass is 361 g/mol. The van der Waals surface area contributed by atoms with Gasteiger partial charge in [0.15, 0.2) is 5.82 Å². The fourth-order valence-electron chi connectivity index (χ4n) is 2.29. The van der Waals surface area contributed by atoms with Crippen LogP contribution in [-0.2, 0) is 6.42 Å². The van der Waals surface area contributed by atoms with Gasteiger partial charge in [-0.1, -0.05) is 46.9 Å². The van der Waals surface area contributed by atoms with Crippen molar-refractivity contribution in [2.45, 2.75) is 19.8 Å². The minimum atomic E-state index is 0.468. The van der Waals surface area contributed by atoms with Gasteiger partial charge in [0.25, 0.3) is 0 Å². The third-order valence-corrected chi connectivity index (χ3v) is 4.10. The Labute approximate surface area is 136 Å². The second kappa shape index (κ2) is 6.08. The van der Waals surface area contributed by atoms with Crippen molar-refractivity contribution in [2.75, 3.05) is 0 Å². The summed E-state index contributed by atoms with van der Waals surface area (Å²) in [5.74, 6) is 0.627. The molecule has 0 N–H and O–H groups in total. The molecule has 0 bridgehead atoms. The smallest absolute Gasteiger partial charge is 0.163 e. The zero-order valence-corrected chi connectivity index (χ0v) is 13.8. The van der Waals surface area contributed by atoms with E-state index in [-0.39, 0.29) is 0 Å². The number of rotatable bonds is 3. The molecule has 0 spiro atoms. The molecule has 0 aliphatic rings. The maximum atomic E-state index is 6.14. The summed E-state index contributed by atoms with van der Waals surface area (Å²) in [6.45, 7) is 2.12. The van der Waals surface area contributed by atoms with Gasteiger partial charge in [0.2, 0.25) is 0 Å². The highest BCUT2D eigenvalue weighted by Gasteiger charge is 2.11. The molecule has 106 valence electrons. The maximum absolute atomic E-state index is 6.14. The Hall–Kier alpha value is -1.52. The molecule has 5 heteroatoms. The highest BCUT2D eigenvalue weighted by atomic mass is 79.9. The summed E-state index contributed by atoms with van der Waals surface area (Å²) < 4.78 is 1.00. The highest BCUT2D eigenvalue weighted by Crippen LogP contribution is 2.30. The van der Waals surface area contributed by atoms with Crippen molar-refractivity contribution in [3.63, 3.8) is 0 Å². The molecule has 0 saturated heterocycles. The van der Waals surface area contributed by atoms with Crippen LogP contribution in [0, 0.1) is 0 Å². The molecular weight excluding hydrogens is 350 g/mol. The number of aromatic nitrogens is 3. The molecule has 1 aromatic carbocycles. The lowest BCUT2D eigenvalue weighted by molar-refractivity contribution is 0.875. The largest absolute Gasteiger partial charge is 0.255 e. The average molecular weight is 363 g/mol. The van der Waals surface area contributed by atoms with Crippen molar-refractivity contribution in [3.8, 4) is 11.4 Å². The molecule has 0 saturated carbocycles. The van der Waals surface area contributed by atoms with E-state index in [1.807, 2.05) is 30.3 Å². The van der Waals surface area contributed by atoms with E-state index >= 15 is 0 Å². The number of nitrogens with zero attached hydrogens (tertiary/aromatic N) is 3. The Morgan fingerprint density at radius 2 is 2.05 bits per heavy atom. The van der Waals surface area contributed by atoms with E-state index in [1.54, 1.807) is 6.20 Å². The molecule has 2 heterocycles. The van der Waals surface area contributed by atoms with Crippen LogP contribution in [0.3, 0.4) is 0 Å². The summed E-state index contributed by atoms with van der Waals surface area (Å²) in [6, 6.07) is 9.72. The quantitative estimate of drug-likeness (QED) is 0.611. The first-order valence-corrected chi connectivity index (χ1v) is 7.93. The third-order valence-electron chi connectivity index (χ3n) is 3.21. The van der Waals surface area contributed by atoms with E-state index in [0.29, 0.717) is 11.0 Å². The first kappa shape index (κ1) is 14.4. The van der Waals surface area contributed by atoms with Crippen LogP contribution in [0.1, 0.15) is 19.0 Å². The van der Waals surface area contributed by atoms with Crippen molar-refractivity contribution in [3.05, 3.63) is 51.8 Å². The molecule has 3 nitrogen and oxygen atoms in total. The molecule has 0 fully saturated rings. The van der Waals surface area contributed by atoms with Crippen LogP contribution in [0.2, 0.25) is 5.15 Å².